The molecule has 5 rings (SSSR count). The van der Waals surface area contributed by atoms with Crippen LogP contribution in [0.5, 0.6) is 11.5 Å². The van der Waals surface area contributed by atoms with Gasteiger partial charge in [-0.15, -0.1) is 0 Å². The molecule has 5 aromatic carbocycles. The predicted octanol–water partition coefficient (Wildman–Crippen LogP) is 5.83. The summed E-state index contributed by atoms with van der Waals surface area (Å²) in [7, 11) is 1.46. The van der Waals surface area contributed by atoms with E-state index in [9.17, 15) is 19.5 Å². The Morgan fingerprint density at radius 3 is 1.96 bits per heavy atom. The smallest absolute Gasteiger partial charge is 0.330 e. The van der Waals surface area contributed by atoms with Crippen LogP contribution in [0.4, 0.5) is 11.4 Å². The minimum absolute atomic E-state index is 0.0540. The van der Waals surface area contributed by atoms with Gasteiger partial charge in [0.05, 0.1) is 19.2 Å². The third kappa shape index (κ3) is 9.04. The van der Waals surface area contributed by atoms with Gasteiger partial charge in [0, 0.05) is 22.9 Å². The van der Waals surface area contributed by atoms with Crippen molar-refractivity contribution in [3.05, 3.63) is 155 Å². The van der Waals surface area contributed by atoms with Gasteiger partial charge in [0.2, 0.25) is 11.8 Å². The van der Waals surface area contributed by atoms with E-state index in [1.165, 1.54) is 7.11 Å². The van der Waals surface area contributed by atoms with Gasteiger partial charge in [-0.1, -0.05) is 91.0 Å². The first-order valence-electron chi connectivity index (χ1n) is 15.7. The van der Waals surface area contributed by atoms with Gasteiger partial charge in [0.15, 0.2) is 17.5 Å². The van der Waals surface area contributed by atoms with Crippen molar-refractivity contribution in [2.24, 2.45) is 5.73 Å². The van der Waals surface area contributed by atoms with Crippen LogP contribution in [0.25, 0.3) is 0 Å². The van der Waals surface area contributed by atoms with Gasteiger partial charge in [-0.05, 0) is 47.0 Å². The van der Waals surface area contributed by atoms with Crippen molar-refractivity contribution in [1.29, 1.82) is 5.41 Å². The topological polar surface area (TPSA) is 176 Å². The molecule has 5 aromatic rings. The summed E-state index contributed by atoms with van der Waals surface area (Å²) in [5, 5.41) is 26.7. The normalized spacial score (nSPS) is 11.8. The zero-order chi connectivity index (χ0) is 35.5. The number of carboxylic acid groups (broad SMARTS) is 1. The van der Waals surface area contributed by atoms with E-state index in [4.69, 9.17) is 20.6 Å². The third-order valence-corrected chi connectivity index (χ3v) is 7.80. The number of anilines is 2. The van der Waals surface area contributed by atoms with Gasteiger partial charge in [-0.3, -0.25) is 15.0 Å². The highest BCUT2D eigenvalue weighted by Gasteiger charge is 2.31. The van der Waals surface area contributed by atoms with Gasteiger partial charge in [-0.25, -0.2) is 4.79 Å². The zero-order valence-electron chi connectivity index (χ0n) is 27.3. The van der Waals surface area contributed by atoms with Crippen molar-refractivity contribution in [3.63, 3.8) is 0 Å². The van der Waals surface area contributed by atoms with Crippen LogP contribution in [-0.4, -0.2) is 35.8 Å². The fourth-order valence-electron chi connectivity index (χ4n) is 5.26. The van der Waals surface area contributed by atoms with Gasteiger partial charge in [-0.2, -0.15) is 0 Å². The summed E-state index contributed by atoms with van der Waals surface area (Å²) < 4.78 is 11.9. The Morgan fingerprint density at radius 1 is 0.780 bits per heavy atom. The van der Waals surface area contributed by atoms with Crippen LogP contribution in [-0.2, 0) is 27.4 Å². The number of benzene rings is 5. The number of nitrogen functional groups attached to an aromatic ring is 1. The van der Waals surface area contributed by atoms with Crippen LogP contribution in [0, 0.1) is 5.41 Å². The van der Waals surface area contributed by atoms with Crippen molar-refractivity contribution >= 4 is 35.0 Å². The molecular weight excluding hydrogens is 634 g/mol. The molecule has 0 aliphatic heterocycles. The molecule has 11 heteroatoms. The lowest BCUT2D eigenvalue weighted by atomic mass is 9.99. The molecule has 0 bridgehead atoms. The highest BCUT2D eigenvalue weighted by molar-refractivity contribution is 5.97. The van der Waals surface area contributed by atoms with Crippen LogP contribution in [0.1, 0.15) is 39.9 Å². The number of ether oxygens (including phenoxy) is 2. The molecule has 7 N–H and O–H groups in total. The molecule has 0 radical (unpaired) electrons. The maximum absolute atomic E-state index is 14.3. The molecule has 0 aliphatic carbocycles. The Hall–Kier alpha value is -6.62. The van der Waals surface area contributed by atoms with Crippen LogP contribution in [0.2, 0.25) is 0 Å². The zero-order valence-corrected chi connectivity index (χ0v) is 27.3. The Labute approximate surface area is 289 Å². The van der Waals surface area contributed by atoms with E-state index in [-0.39, 0.29) is 41.8 Å². The largest absolute Gasteiger partial charge is 0.493 e. The maximum Gasteiger partial charge on any atom is 0.330 e. The number of amidine groups is 1. The molecule has 0 saturated heterocycles. The Morgan fingerprint density at radius 2 is 1.38 bits per heavy atom. The van der Waals surface area contributed by atoms with Crippen LogP contribution in [0.3, 0.4) is 0 Å². The van der Waals surface area contributed by atoms with E-state index in [2.05, 4.69) is 16.0 Å². The van der Waals surface area contributed by atoms with Gasteiger partial charge >= 0.3 is 5.97 Å². The number of amides is 2. The number of methoxy groups -OCH3 is 1. The monoisotopic (exact) mass is 671 g/mol. The number of aliphatic carboxylic acids is 1. The fraction of sp³-hybridized carbons (Fsp3) is 0.128. The van der Waals surface area contributed by atoms with E-state index in [0.717, 1.165) is 11.1 Å². The van der Waals surface area contributed by atoms with Gasteiger partial charge < -0.3 is 36.3 Å². The molecule has 50 heavy (non-hydrogen) atoms. The summed E-state index contributed by atoms with van der Waals surface area (Å²) in [6.45, 7) is 0.204. The van der Waals surface area contributed by atoms with E-state index in [0.29, 0.717) is 22.6 Å². The lowest BCUT2D eigenvalue weighted by Crippen LogP contribution is -2.39. The average Bonchev–Trinajstić information content (AvgIpc) is 3.13. The summed E-state index contributed by atoms with van der Waals surface area (Å²) in [5.74, 6) is -1.84. The second-order valence-electron chi connectivity index (χ2n) is 11.3. The highest BCUT2D eigenvalue weighted by atomic mass is 16.5. The number of carbonyl (C=O) groups excluding carboxylic acids is 2. The molecule has 0 saturated carbocycles. The Kier molecular flexibility index (Phi) is 11.4. The standard InChI is InChI=1S/C39H37N5O6/c1-49-32-22-30(31(43-34(45)21-25-11-5-2-6-12-25)23-33(32)50-24-26-13-7-3-8-14-26)36(42-29-19-17-28(18-20-29)37(40)41)38(46)44-35(39(47)48)27-15-9-4-10-16-27/h2-20,22-23,35-36,42H,21,24H2,1H3,(H3,40,41)(H,43,45)(H,44,46)(H,47,48)/t35-,36-/m0/s1. The summed E-state index contributed by atoms with van der Waals surface area (Å²) in [6.07, 6.45) is 0.0540. The van der Waals surface area contributed by atoms with E-state index in [1.54, 1.807) is 66.7 Å². The van der Waals surface area contributed by atoms with Gasteiger partial charge in [0.25, 0.3) is 0 Å². The third-order valence-electron chi connectivity index (χ3n) is 7.80. The van der Waals surface area contributed by atoms with Crippen LogP contribution in [0.15, 0.2) is 127 Å². The number of hydrogen-bond donors (Lipinski definition) is 6. The summed E-state index contributed by atoms with van der Waals surface area (Å²) in [5.41, 5.74) is 9.17. The van der Waals surface area contributed by atoms with E-state index < -0.39 is 24.0 Å². The fourth-order valence-corrected chi connectivity index (χ4v) is 5.26. The first kappa shape index (κ1) is 34.7. The van der Waals surface area contributed by atoms with E-state index >= 15 is 0 Å². The second-order valence-corrected chi connectivity index (χ2v) is 11.3. The number of rotatable bonds is 15. The molecule has 11 nitrogen and oxygen atoms in total. The molecule has 254 valence electrons. The van der Waals surface area contributed by atoms with Crippen molar-refractivity contribution in [1.82, 2.24) is 5.32 Å². The lowest BCUT2D eigenvalue weighted by Gasteiger charge is -2.26. The molecule has 0 heterocycles. The van der Waals surface area contributed by atoms with Crippen LogP contribution >= 0.6 is 0 Å². The molecule has 2 amide bonds. The molecule has 0 aromatic heterocycles. The minimum atomic E-state index is -1.38. The van der Waals surface area contributed by atoms with Crippen molar-refractivity contribution < 1.29 is 29.0 Å². The molecule has 0 fully saturated rings. The lowest BCUT2D eigenvalue weighted by molar-refractivity contribution is -0.142. The quantitative estimate of drug-likeness (QED) is 0.0595. The minimum Gasteiger partial charge on any atom is -0.493 e. The summed E-state index contributed by atoms with van der Waals surface area (Å²) >= 11 is 0. The predicted molar refractivity (Wildman–Crippen MR) is 191 cm³/mol. The van der Waals surface area contributed by atoms with E-state index in [1.807, 2.05) is 60.7 Å². The van der Waals surface area contributed by atoms with Crippen molar-refractivity contribution in [3.8, 4) is 11.5 Å². The molecule has 0 spiro atoms. The first-order valence-corrected chi connectivity index (χ1v) is 15.7. The average molecular weight is 672 g/mol. The SMILES string of the molecule is COc1cc([C@H](Nc2ccc(C(=N)N)cc2)C(=O)N[C@H](C(=O)O)c2ccccc2)c(NC(=O)Cc2ccccc2)cc1OCc1ccccc1. The molecule has 2 atom stereocenters. The number of hydrogen-bond acceptors (Lipinski definition) is 7. The van der Waals surface area contributed by atoms with Gasteiger partial charge in [0.1, 0.15) is 18.5 Å². The first-order chi connectivity index (χ1) is 24.2. The molecular formula is C39H37N5O6. The van der Waals surface area contributed by atoms with Crippen molar-refractivity contribution in [2.75, 3.05) is 17.7 Å². The number of carbonyl (C=O) groups is 3. The number of nitrogens with one attached hydrogen (secondary N) is 4. The second kappa shape index (κ2) is 16.5. The summed E-state index contributed by atoms with van der Waals surface area (Å²) in [4.78, 5) is 40.1. The highest BCUT2D eigenvalue weighted by Crippen LogP contribution is 2.38. The Bertz CT molecular complexity index is 1940. The van der Waals surface area contributed by atoms with Crippen LogP contribution < -0.4 is 31.2 Å². The number of nitrogens with two attached hydrogens (primary N) is 1. The Balaban J connectivity index is 1.58. The maximum atomic E-state index is 14.3. The molecule has 0 aliphatic rings. The van der Waals surface area contributed by atoms with Crippen molar-refractivity contribution in [2.45, 2.75) is 25.1 Å². The molecule has 0 unspecified atom stereocenters. The summed E-state index contributed by atoms with van der Waals surface area (Å²) in [6, 6.07) is 34.1. The number of carboxylic acids is 1.